The van der Waals surface area contributed by atoms with Crippen LogP contribution in [0.5, 0.6) is 0 Å². The summed E-state index contributed by atoms with van der Waals surface area (Å²) in [5, 5.41) is 3.68. The molecule has 19 heavy (non-hydrogen) atoms. The Labute approximate surface area is 117 Å². The van der Waals surface area contributed by atoms with Crippen LogP contribution in [0.2, 0.25) is 0 Å². The molecule has 1 fully saturated rings. The second kappa shape index (κ2) is 5.64. The van der Waals surface area contributed by atoms with Crippen LogP contribution in [0.4, 0.5) is 0 Å². The molecule has 1 heterocycles. The average Bonchev–Trinajstić information content (AvgIpc) is 2.58. The molecule has 0 saturated carbocycles. The Balaban J connectivity index is 1.65. The molecular weight excluding hydrogens is 232 g/mol. The van der Waals surface area contributed by atoms with Gasteiger partial charge in [-0.1, -0.05) is 31.2 Å². The molecule has 2 nitrogen and oxygen atoms in total. The van der Waals surface area contributed by atoms with E-state index in [1.54, 1.807) is 11.1 Å². The van der Waals surface area contributed by atoms with Gasteiger partial charge in [-0.05, 0) is 43.9 Å². The van der Waals surface area contributed by atoms with Crippen molar-refractivity contribution < 1.29 is 0 Å². The molecular formula is C17H26N2. The van der Waals surface area contributed by atoms with Crippen LogP contribution in [0.3, 0.4) is 0 Å². The Morgan fingerprint density at radius 1 is 1.32 bits per heavy atom. The van der Waals surface area contributed by atoms with Crippen LogP contribution in [-0.2, 0) is 6.42 Å². The highest BCUT2D eigenvalue weighted by Crippen LogP contribution is 2.35. The maximum Gasteiger partial charge on any atom is 0.0192 e. The van der Waals surface area contributed by atoms with Crippen molar-refractivity contribution in [3.8, 4) is 0 Å². The molecule has 1 aromatic carbocycles. The lowest BCUT2D eigenvalue weighted by molar-refractivity contribution is 0.185. The molecule has 3 atom stereocenters. The van der Waals surface area contributed by atoms with Crippen LogP contribution in [0.1, 0.15) is 43.7 Å². The minimum Gasteiger partial charge on any atom is -0.313 e. The number of benzene rings is 1. The zero-order chi connectivity index (χ0) is 13.2. The fourth-order valence-corrected chi connectivity index (χ4v) is 3.54. The van der Waals surface area contributed by atoms with E-state index in [2.05, 4.69) is 48.3 Å². The molecule has 0 radical (unpaired) electrons. The van der Waals surface area contributed by atoms with Gasteiger partial charge in [-0.15, -0.1) is 0 Å². The maximum atomic E-state index is 3.68. The summed E-state index contributed by atoms with van der Waals surface area (Å²) in [7, 11) is 0. The van der Waals surface area contributed by atoms with E-state index in [1.165, 1.54) is 38.9 Å². The lowest BCUT2D eigenvalue weighted by atomic mass is 9.77. The number of nitrogens with zero attached hydrogens (tertiary/aromatic N) is 1. The van der Waals surface area contributed by atoms with E-state index >= 15 is 0 Å². The minimum atomic E-state index is 0.681. The predicted molar refractivity (Wildman–Crippen MR) is 80.6 cm³/mol. The van der Waals surface area contributed by atoms with Crippen LogP contribution in [0.25, 0.3) is 0 Å². The highest BCUT2D eigenvalue weighted by Gasteiger charge is 2.30. The standard InChI is InChI=1S/C17H26N2/c1-3-16-12-19(13(2)8-9-18-16)11-15-10-14-6-4-5-7-17(14)15/h4-7,13,15-16,18H,3,8-12H2,1-2H3. The van der Waals surface area contributed by atoms with E-state index in [-0.39, 0.29) is 0 Å². The lowest BCUT2D eigenvalue weighted by Crippen LogP contribution is -2.43. The summed E-state index contributed by atoms with van der Waals surface area (Å²) in [5.74, 6) is 0.772. The van der Waals surface area contributed by atoms with Crippen molar-refractivity contribution in [1.82, 2.24) is 10.2 Å². The van der Waals surface area contributed by atoms with E-state index in [4.69, 9.17) is 0 Å². The molecule has 1 aromatic rings. The molecule has 0 amide bonds. The summed E-state index contributed by atoms with van der Waals surface area (Å²) >= 11 is 0. The van der Waals surface area contributed by atoms with Crippen LogP contribution >= 0.6 is 0 Å². The molecule has 0 spiro atoms. The number of hydrogen-bond donors (Lipinski definition) is 1. The first kappa shape index (κ1) is 13.1. The van der Waals surface area contributed by atoms with E-state index < -0.39 is 0 Å². The van der Waals surface area contributed by atoms with Gasteiger partial charge in [0.25, 0.3) is 0 Å². The van der Waals surface area contributed by atoms with Gasteiger partial charge >= 0.3 is 0 Å². The second-order valence-corrected chi connectivity index (χ2v) is 6.25. The number of hydrogen-bond acceptors (Lipinski definition) is 2. The first-order valence-electron chi connectivity index (χ1n) is 7.83. The summed E-state index contributed by atoms with van der Waals surface area (Å²) in [6.45, 7) is 8.33. The van der Waals surface area contributed by atoms with Gasteiger partial charge < -0.3 is 5.32 Å². The summed E-state index contributed by atoms with van der Waals surface area (Å²) < 4.78 is 0. The van der Waals surface area contributed by atoms with Crippen molar-refractivity contribution in [2.75, 3.05) is 19.6 Å². The highest BCUT2D eigenvalue weighted by atomic mass is 15.2. The van der Waals surface area contributed by atoms with Crippen molar-refractivity contribution in [2.24, 2.45) is 0 Å². The van der Waals surface area contributed by atoms with Crippen molar-refractivity contribution in [3.05, 3.63) is 35.4 Å². The summed E-state index contributed by atoms with van der Waals surface area (Å²) in [6, 6.07) is 10.4. The van der Waals surface area contributed by atoms with Gasteiger partial charge in [-0.25, -0.2) is 0 Å². The topological polar surface area (TPSA) is 15.3 Å². The Bertz CT molecular complexity index is 429. The first-order chi connectivity index (χ1) is 9.28. The Hall–Kier alpha value is -0.860. The van der Waals surface area contributed by atoms with Gasteiger partial charge in [0.05, 0.1) is 0 Å². The van der Waals surface area contributed by atoms with Gasteiger partial charge in [0.15, 0.2) is 0 Å². The van der Waals surface area contributed by atoms with Crippen LogP contribution in [0.15, 0.2) is 24.3 Å². The van der Waals surface area contributed by atoms with E-state index in [1.807, 2.05) is 0 Å². The maximum absolute atomic E-state index is 3.68. The highest BCUT2D eigenvalue weighted by molar-refractivity contribution is 5.40. The van der Waals surface area contributed by atoms with Gasteiger partial charge in [-0.2, -0.15) is 0 Å². The molecule has 1 aliphatic heterocycles. The third kappa shape index (κ3) is 2.70. The van der Waals surface area contributed by atoms with E-state index in [9.17, 15) is 0 Å². The third-order valence-corrected chi connectivity index (χ3v) is 4.98. The van der Waals surface area contributed by atoms with Crippen molar-refractivity contribution in [3.63, 3.8) is 0 Å². The largest absolute Gasteiger partial charge is 0.313 e. The molecule has 3 rings (SSSR count). The molecule has 0 aromatic heterocycles. The molecule has 1 aliphatic carbocycles. The quantitative estimate of drug-likeness (QED) is 0.897. The van der Waals surface area contributed by atoms with Crippen molar-refractivity contribution >= 4 is 0 Å². The zero-order valence-electron chi connectivity index (χ0n) is 12.2. The molecule has 3 unspecified atom stereocenters. The summed E-state index contributed by atoms with van der Waals surface area (Å²) in [4.78, 5) is 2.72. The second-order valence-electron chi connectivity index (χ2n) is 6.25. The minimum absolute atomic E-state index is 0.681. The normalized spacial score (nSPS) is 31.4. The van der Waals surface area contributed by atoms with Crippen LogP contribution in [-0.4, -0.2) is 36.6 Å². The molecule has 2 heteroatoms. The van der Waals surface area contributed by atoms with E-state index in [0.29, 0.717) is 6.04 Å². The molecule has 1 saturated heterocycles. The van der Waals surface area contributed by atoms with Gasteiger partial charge in [0.1, 0.15) is 0 Å². The monoisotopic (exact) mass is 258 g/mol. The van der Waals surface area contributed by atoms with Gasteiger partial charge in [0, 0.05) is 31.1 Å². The average molecular weight is 258 g/mol. The van der Waals surface area contributed by atoms with Crippen LogP contribution < -0.4 is 5.32 Å². The van der Waals surface area contributed by atoms with Gasteiger partial charge in [-0.3, -0.25) is 4.90 Å². The number of fused-ring (bicyclic) bond motifs is 1. The first-order valence-corrected chi connectivity index (χ1v) is 7.83. The predicted octanol–water partition coefficient (Wildman–Crippen LogP) is 2.79. The van der Waals surface area contributed by atoms with Crippen molar-refractivity contribution in [1.29, 1.82) is 0 Å². The summed E-state index contributed by atoms with van der Waals surface area (Å²) in [6.07, 6.45) is 3.80. The van der Waals surface area contributed by atoms with Crippen LogP contribution in [0, 0.1) is 0 Å². The fourth-order valence-electron chi connectivity index (χ4n) is 3.54. The molecule has 104 valence electrons. The van der Waals surface area contributed by atoms with Crippen molar-refractivity contribution in [2.45, 2.75) is 51.1 Å². The SMILES string of the molecule is CCC1CN(CC2Cc3ccccc32)C(C)CCN1. The molecule has 0 bridgehead atoms. The Kier molecular flexibility index (Phi) is 3.90. The fraction of sp³-hybridized carbons (Fsp3) is 0.647. The molecule has 2 aliphatic rings. The Morgan fingerprint density at radius 3 is 2.95 bits per heavy atom. The summed E-state index contributed by atoms with van der Waals surface area (Å²) in [5.41, 5.74) is 3.17. The lowest BCUT2D eigenvalue weighted by Gasteiger charge is -2.37. The number of rotatable bonds is 3. The third-order valence-electron chi connectivity index (χ3n) is 4.98. The molecule has 1 N–H and O–H groups in total. The zero-order valence-corrected chi connectivity index (χ0v) is 12.2. The Morgan fingerprint density at radius 2 is 2.16 bits per heavy atom. The smallest absolute Gasteiger partial charge is 0.0192 e. The number of nitrogens with one attached hydrogen (secondary N) is 1. The van der Waals surface area contributed by atoms with E-state index in [0.717, 1.165) is 12.0 Å². The van der Waals surface area contributed by atoms with Gasteiger partial charge in [0.2, 0.25) is 0 Å².